The van der Waals surface area contributed by atoms with Gasteiger partial charge in [0.15, 0.2) is 0 Å². The topological polar surface area (TPSA) is 87.0 Å². The normalized spacial score (nSPS) is 13.3. The van der Waals surface area contributed by atoms with E-state index in [2.05, 4.69) is 168 Å². The zero-order valence-corrected chi connectivity index (χ0v) is 47.4. The Hall–Kier alpha value is -3.47. The minimum absolute atomic E-state index is 0.0281. The Morgan fingerprint density at radius 2 is 0.574 bits per heavy atom. The van der Waals surface area contributed by atoms with Gasteiger partial charge in [-0.3, -0.25) is 4.79 Å². The monoisotopic (exact) mass is 939 g/mol. The summed E-state index contributed by atoms with van der Waals surface area (Å²) in [6, 6.07) is 12.7. The van der Waals surface area contributed by atoms with Crippen molar-refractivity contribution in [3.8, 4) is 17.2 Å². The molecule has 5 heteroatoms. The van der Waals surface area contributed by atoms with Crippen molar-refractivity contribution in [1.82, 2.24) is 0 Å². The predicted molar refractivity (Wildman–Crippen MR) is 292 cm³/mol. The average Bonchev–Trinajstić information content (AvgIpc) is 3.18. The standard InChI is InChI=1S/C63H102O5/c1-20-21-22-23-24-25-26-27-28-29-30-31-32-33-34-35-36-68-53(64)43-63(44-37-47(57(2,3)4)54(65)48(38-44)58(5,6)7,45-39-49(59(8,9)10)55(66)50(40-45)60(11,12)13)46-41-51(61(14,15)16)56(67)52(42-46)62(17,18)19/h37-42,65-67H,20-36,43H2,1-19H3. The number of unbranched alkanes of at least 4 members (excludes halogenated alkanes) is 15. The lowest BCUT2D eigenvalue weighted by Crippen LogP contribution is -2.36. The highest BCUT2D eigenvalue weighted by Gasteiger charge is 2.45. The number of ether oxygens (including phenoxy) is 1. The molecule has 0 atom stereocenters. The van der Waals surface area contributed by atoms with E-state index in [1.807, 2.05) is 0 Å². The summed E-state index contributed by atoms with van der Waals surface area (Å²) in [4.78, 5) is 15.1. The summed E-state index contributed by atoms with van der Waals surface area (Å²) < 4.78 is 6.35. The Bertz CT molecular complexity index is 1770. The summed E-state index contributed by atoms with van der Waals surface area (Å²) in [6.07, 6.45) is 20.4. The van der Waals surface area contributed by atoms with Gasteiger partial charge >= 0.3 is 5.97 Å². The SMILES string of the molecule is CCCCCCCCCCCCCCCCCCOC(=O)CC(c1cc(C(C)(C)C)c(O)c(C(C)(C)C)c1)(c1cc(C(C)(C)C)c(O)c(C(C)(C)C)c1)c1cc(C(C)(C)C)c(O)c(C(C)(C)C)c1. The summed E-state index contributed by atoms with van der Waals surface area (Å²) in [5.74, 6) is 0.490. The van der Waals surface area contributed by atoms with Gasteiger partial charge in [-0.15, -0.1) is 0 Å². The van der Waals surface area contributed by atoms with E-state index in [1.165, 1.54) is 83.5 Å². The van der Waals surface area contributed by atoms with E-state index in [0.29, 0.717) is 6.61 Å². The number of carbonyl (C=O) groups is 1. The van der Waals surface area contributed by atoms with Gasteiger partial charge in [0.2, 0.25) is 0 Å². The molecular formula is C63H102O5. The van der Waals surface area contributed by atoms with Crippen LogP contribution in [0.15, 0.2) is 36.4 Å². The van der Waals surface area contributed by atoms with Crippen molar-refractivity contribution in [3.63, 3.8) is 0 Å². The first-order chi connectivity index (χ1) is 31.2. The number of hydrogen-bond acceptors (Lipinski definition) is 5. The minimum Gasteiger partial charge on any atom is -0.507 e. The van der Waals surface area contributed by atoms with Crippen LogP contribution in [-0.4, -0.2) is 27.9 Å². The van der Waals surface area contributed by atoms with E-state index in [4.69, 9.17) is 4.74 Å². The summed E-state index contributed by atoms with van der Waals surface area (Å²) in [6.45, 7) is 40.8. The molecule has 0 saturated heterocycles. The van der Waals surface area contributed by atoms with Crippen LogP contribution < -0.4 is 0 Å². The van der Waals surface area contributed by atoms with Gasteiger partial charge in [0.1, 0.15) is 17.2 Å². The van der Waals surface area contributed by atoms with Crippen molar-refractivity contribution in [2.45, 2.75) is 279 Å². The van der Waals surface area contributed by atoms with Gasteiger partial charge in [-0.05, 0) is 89.0 Å². The zero-order chi connectivity index (χ0) is 51.7. The number of aromatic hydroxyl groups is 3. The molecule has 0 radical (unpaired) electrons. The molecule has 0 amide bonds. The van der Waals surface area contributed by atoms with E-state index in [9.17, 15) is 15.3 Å². The van der Waals surface area contributed by atoms with E-state index in [-0.39, 0.29) is 29.6 Å². The van der Waals surface area contributed by atoms with Gasteiger partial charge in [0, 0.05) is 0 Å². The molecule has 3 N–H and O–H groups in total. The molecule has 0 fully saturated rings. The molecule has 0 aliphatic heterocycles. The second-order valence-corrected chi connectivity index (χ2v) is 26.9. The molecule has 0 spiro atoms. The van der Waals surface area contributed by atoms with Crippen molar-refractivity contribution in [3.05, 3.63) is 86.5 Å². The fourth-order valence-electron chi connectivity index (χ4n) is 9.98. The molecule has 3 aromatic carbocycles. The highest BCUT2D eigenvalue weighted by molar-refractivity contribution is 5.76. The highest BCUT2D eigenvalue weighted by Crippen LogP contribution is 2.53. The lowest BCUT2D eigenvalue weighted by molar-refractivity contribution is -0.144. The Balaban J connectivity index is 2.23. The molecule has 5 nitrogen and oxygen atoms in total. The third-order valence-electron chi connectivity index (χ3n) is 14.3. The summed E-state index contributed by atoms with van der Waals surface area (Å²) in [5.41, 5.74) is 3.43. The van der Waals surface area contributed by atoms with Gasteiger partial charge in [0.05, 0.1) is 18.4 Å². The molecule has 68 heavy (non-hydrogen) atoms. The molecule has 384 valence electrons. The van der Waals surface area contributed by atoms with Crippen LogP contribution in [0.4, 0.5) is 0 Å². The molecule has 0 bridgehead atoms. The number of rotatable bonds is 22. The zero-order valence-electron chi connectivity index (χ0n) is 47.4. The smallest absolute Gasteiger partial charge is 0.307 e. The van der Waals surface area contributed by atoms with E-state index in [0.717, 1.165) is 69.3 Å². The third kappa shape index (κ3) is 15.8. The molecule has 0 aromatic heterocycles. The van der Waals surface area contributed by atoms with Gasteiger partial charge in [-0.1, -0.05) is 264 Å². The Labute approximate surface area is 418 Å². The van der Waals surface area contributed by atoms with Crippen LogP contribution in [0.3, 0.4) is 0 Å². The van der Waals surface area contributed by atoms with Crippen molar-refractivity contribution in [2.75, 3.05) is 6.61 Å². The van der Waals surface area contributed by atoms with Gasteiger partial charge < -0.3 is 20.1 Å². The first kappa shape index (κ1) is 58.8. The van der Waals surface area contributed by atoms with Crippen LogP contribution >= 0.6 is 0 Å². The molecular weight excluding hydrogens is 837 g/mol. The van der Waals surface area contributed by atoms with Crippen LogP contribution in [-0.2, 0) is 47.4 Å². The molecule has 3 rings (SSSR count). The van der Waals surface area contributed by atoms with Crippen molar-refractivity contribution >= 4 is 5.97 Å². The fourth-order valence-corrected chi connectivity index (χ4v) is 9.98. The number of benzene rings is 3. The molecule has 3 aromatic rings. The fraction of sp³-hybridized carbons (Fsp3) is 0.698. The number of esters is 1. The maximum absolute atomic E-state index is 15.1. The first-order valence-corrected chi connectivity index (χ1v) is 27.0. The van der Waals surface area contributed by atoms with Crippen LogP contribution in [0.25, 0.3) is 0 Å². The second kappa shape index (κ2) is 23.6. The molecule has 0 unspecified atom stereocenters. The van der Waals surface area contributed by atoms with Gasteiger partial charge in [-0.25, -0.2) is 0 Å². The maximum atomic E-state index is 15.1. The summed E-state index contributed by atoms with van der Waals surface area (Å²) in [5, 5.41) is 36.6. The molecule has 0 aliphatic carbocycles. The van der Waals surface area contributed by atoms with Crippen LogP contribution in [0.1, 0.15) is 291 Å². The van der Waals surface area contributed by atoms with E-state index >= 15 is 4.79 Å². The molecule has 0 heterocycles. The average molecular weight is 940 g/mol. The number of phenols is 3. The van der Waals surface area contributed by atoms with Crippen molar-refractivity contribution in [1.29, 1.82) is 0 Å². The van der Waals surface area contributed by atoms with Crippen molar-refractivity contribution < 1.29 is 24.9 Å². The predicted octanol–water partition coefficient (Wildman–Crippen LogP) is 18.1. The largest absolute Gasteiger partial charge is 0.507 e. The third-order valence-corrected chi connectivity index (χ3v) is 14.3. The van der Waals surface area contributed by atoms with E-state index in [1.54, 1.807) is 0 Å². The first-order valence-electron chi connectivity index (χ1n) is 27.0. The number of hydrogen-bond donors (Lipinski definition) is 3. The van der Waals surface area contributed by atoms with Crippen LogP contribution in [0, 0.1) is 0 Å². The lowest BCUT2D eigenvalue weighted by Gasteiger charge is -2.41. The van der Waals surface area contributed by atoms with Crippen molar-refractivity contribution in [2.24, 2.45) is 0 Å². The minimum atomic E-state index is -1.19. The highest BCUT2D eigenvalue weighted by atomic mass is 16.5. The Morgan fingerprint density at radius 3 is 0.779 bits per heavy atom. The second-order valence-electron chi connectivity index (χ2n) is 26.9. The number of carbonyl (C=O) groups excluding carboxylic acids is 1. The Morgan fingerprint density at radius 1 is 0.368 bits per heavy atom. The number of phenolic OH excluding ortho intramolecular Hbond substituents is 3. The maximum Gasteiger partial charge on any atom is 0.307 e. The summed E-state index contributed by atoms with van der Waals surface area (Å²) >= 11 is 0. The Kier molecular flexibility index (Phi) is 20.4. The molecule has 0 saturated carbocycles. The van der Waals surface area contributed by atoms with Gasteiger partial charge in [0.25, 0.3) is 0 Å². The van der Waals surface area contributed by atoms with Crippen LogP contribution in [0.2, 0.25) is 0 Å². The van der Waals surface area contributed by atoms with Gasteiger partial charge in [-0.2, -0.15) is 0 Å². The quantitative estimate of drug-likeness (QED) is 0.0531. The summed E-state index contributed by atoms with van der Waals surface area (Å²) in [7, 11) is 0. The molecule has 0 aliphatic rings. The van der Waals surface area contributed by atoms with Crippen LogP contribution in [0.5, 0.6) is 17.2 Å². The lowest BCUT2D eigenvalue weighted by atomic mass is 9.62. The van der Waals surface area contributed by atoms with E-state index < -0.39 is 37.9 Å².